The number of hydrogen-bond acceptors (Lipinski definition) is 1. The molecule has 0 amide bonds. The number of furan rings is 1. The SMILES string of the molecule is [2H]c1c([2H])c([2H])c(-c2ccc3ccc4c(-c5ccc6c(c5)C(C)(C)c5c-6ccc6c5oc5ccccc56)ccc5ccc2c3c54)c([2H])c1[2H]. The van der Waals surface area contributed by atoms with Gasteiger partial charge in [0.2, 0.25) is 0 Å². The summed E-state index contributed by atoms with van der Waals surface area (Å²) in [7, 11) is 0. The lowest BCUT2D eigenvalue weighted by molar-refractivity contribution is 0.620. The summed E-state index contributed by atoms with van der Waals surface area (Å²) in [5, 5.41) is 8.53. The highest BCUT2D eigenvalue weighted by Gasteiger charge is 2.38. The van der Waals surface area contributed by atoms with Crippen molar-refractivity contribution in [3.8, 4) is 33.4 Å². The van der Waals surface area contributed by atoms with E-state index in [2.05, 4.69) is 86.6 Å². The fourth-order valence-electron chi connectivity index (χ4n) is 7.89. The molecule has 0 aliphatic heterocycles. The van der Waals surface area contributed by atoms with Crippen molar-refractivity contribution in [2.24, 2.45) is 0 Å². The summed E-state index contributed by atoms with van der Waals surface area (Å²) < 4.78 is 48.6. The van der Waals surface area contributed by atoms with Crippen molar-refractivity contribution in [3.05, 3.63) is 144 Å². The van der Waals surface area contributed by atoms with Crippen molar-refractivity contribution >= 4 is 54.3 Å². The third kappa shape index (κ3) is 3.04. The molecule has 1 heteroatoms. The van der Waals surface area contributed by atoms with Gasteiger partial charge in [0, 0.05) is 21.8 Å². The van der Waals surface area contributed by atoms with Crippen LogP contribution in [0.2, 0.25) is 0 Å². The Labute approximate surface area is 262 Å². The highest BCUT2D eigenvalue weighted by atomic mass is 16.3. The summed E-state index contributed by atoms with van der Waals surface area (Å²) >= 11 is 0. The second-order valence-corrected chi connectivity index (χ2v) is 12.5. The number of hydrogen-bond donors (Lipinski definition) is 0. The van der Waals surface area contributed by atoms with Gasteiger partial charge < -0.3 is 4.42 Å². The molecule has 1 heterocycles. The normalized spacial score (nSPS) is 15.5. The highest BCUT2D eigenvalue weighted by Crippen LogP contribution is 2.53. The van der Waals surface area contributed by atoms with Crippen LogP contribution < -0.4 is 0 Å². The molecular formula is C43H28O. The third-order valence-corrected chi connectivity index (χ3v) is 9.90. The Bertz CT molecular complexity index is 2890. The van der Waals surface area contributed by atoms with Gasteiger partial charge >= 0.3 is 0 Å². The van der Waals surface area contributed by atoms with E-state index < -0.39 is 0 Å². The molecule has 10 rings (SSSR count). The molecule has 0 fully saturated rings. The summed E-state index contributed by atoms with van der Waals surface area (Å²) in [6.45, 7) is 4.58. The predicted octanol–water partition coefficient (Wildman–Crippen LogP) is 12.1. The minimum atomic E-state index is -0.385. The van der Waals surface area contributed by atoms with Gasteiger partial charge in [0.15, 0.2) is 0 Å². The fraction of sp³-hybridized carbons (Fsp3) is 0.0698. The van der Waals surface area contributed by atoms with Crippen molar-refractivity contribution in [2.45, 2.75) is 19.3 Å². The lowest BCUT2D eigenvalue weighted by Crippen LogP contribution is -2.15. The zero-order chi connectivity index (χ0) is 33.5. The molecule has 0 radical (unpaired) electrons. The lowest BCUT2D eigenvalue weighted by Gasteiger charge is -2.22. The van der Waals surface area contributed by atoms with Crippen LogP contribution in [0.5, 0.6) is 0 Å². The van der Waals surface area contributed by atoms with Gasteiger partial charge in [-0.2, -0.15) is 0 Å². The Morgan fingerprint density at radius 2 is 1.16 bits per heavy atom. The van der Waals surface area contributed by atoms with Crippen LogP contribution in [0, 0.1) is 0 Å². The molecule has 1 aromatic heterocycles. The Morgan fingerprint density at radius 1 is 0.545 bits per heavy atom. The number of rotatable bonds is 2. The van der Waals surface area contributed by atoms with Crippen LogP contribution >= 0.6 is 0 Å². The molecule has 1 nitrogen and oxygen atoms in total. The van der Waals surface area contributed by atoms with Crippen LogP contribution in [0.15, 0.2) is 138 Å². The van der Waals surface area contributed by atoms with Crippen molar-refractivity contribution in [1.82, 2.24) is 0 Å². The van der Waals surface area contributed by atoms with Crippen molar-refractivity contribution < 1.29 is 11.3 Å². The first kappa shape index (κ1) is 19.7. The zero-order valence-corrected chi connectivity index (χ0v) is 24.2. The summed E-state index contributed by atoms with van der Waals surface area (Å²) in [6.07, 6.45) is 0. The van der Waals surface area contributed by atoms with Crippen molar-refractivity contribution in [1.29, 1.82) is 0 Å². The average Bonchev–Trinajstić information content (AvgIpc) is 3.61. The van der Waals surface area contributed by atoms with E-state index in [1.165, 1.54) is 22.3 Å². The van der Waals surface area contributed by atoms with Gasteiger partial charge in [-0.15, -0.1) is 0 Å². The fourth-order valence-corrected chi connectivity index (χ4v) is 7.89. The van der Waals surface area contributed by atoms with Crippen LogP contribution in [0.4, 0.5) is 0 Å². The van der Waals surface area contributed by atoms with Gasteiger partial charge in [-0.1, -0.05) is 129 Å². The molecule has 0 spiro atoms. The molecule has 206 valence electrons. The molecule has 0 unspecified atom stereocenters. The first-order valence-corrected chi connectivity index (χ1v) is 15.0. The van der Waals surface area contributed by atoms with Crippen LogP contribution in [0.3, 0.4) is 0 Å². The molecule has 0 saturated heterocycles. The van der Waals surface area contributed by atoms with Crippen LogP contribution in [-0.4, -0.2) is 0 Å². The van der Waals surface area contributed by atoms with E-state index >= 15 is 0 Å². The third-order valence-electron chi connectivity index (χ3n) is 9.90. The van der Waals surface area contributed by atoms with E-state index in [0.717, 1.165) is 65.4 Å². The first-order chi connectivity index (χ1) is 23.6. The average molecular weight is 566 g/mol. The monoisotopic (exact) mass is 565 g/mol. The quantitative estimate of drug-likeness (QED) is 0.190. The maximum Gasteiger partial charge on any atom is 0.140 e. The standard InChI is InChI=1S/C43H28O/c1-43(2)37-24-28(16-19-31(37)35-22-23-36-32-10-6-7-11-38(32)44-42(36)41(35)43)30-18-13-27-14-20-33-29(25-8-4-3-5-9-25)17-12-26-15-21-34(30)40(27)39(26)33/h3-24H,1-2H3/i3D,4D,5D,8D,9D. The second kappa shape index (κ2) is 8.36. The molecule has 44 heavy (non-hydrogen) atoms. The highest BCUT2D eigenvalue weighted by molar-refractivity contribution is 6.27. The van der Waals surface area contributed by atoms with Gasteiger partial charge in [-0.3, -0.25) is 0 Å². The molecule has 0 saturated carbocycles. The van der Waals surface area contributed by atoms with Gasteiger partial charge in [0.05, 0.1) is 6.85 Å². The smallest absolute Gasteiger partial charge is 0.140 e. The molecular weight excluding hydrogens is 532 g/mol. The zero-order valence-electron chi connectivity index (χ0n) is 29.2. The summed E-state index contributed by atoms with van der Waals surface area (Å²) in [5.41, 5.74) is 9.63. The maximum atomic E-state index is 8.69. The Hall–Kier alpha value is -5.40. The number of benzene rings is 8. The molecule has 1 aliphatic rings. The summed E-state index contributed by atoms with van der Waals surface area (Å²) in [5.74, 6) is 0. The number of fused-ring (bicyclic) bond motifs is 7. The minimum absolute atomic E-state index is 0.191. The summed E-state index contributed by atoms with van der Waals surface area (Å²) in [6, 6.07) is 34.7. The Morgan fingerprint density at radius 3 is 1.91 bits per heavy atom. The maximum absolute atomic E-state index is 8.69. The number of para-hydroxylation sites is 1. The van der Waals surface area contributed by atoms with E-state index in [9.17, 15) is 0 Å². The molecule has 0 atom stereocenters. The molecule has 8 aromatic carbocycles. The van der Waals surface area contributed by atoms with Gasteiger partial charge in [-0.25, -0.2) is 0 Å². The van der Waals surface area contributed by atoms with E-state index in [0.29, 0.717) is 5.56 Å². The van der Waals surface area contributed by atoms with E-state index in [4.69, 9.17) is 11.3 Å². The topological polar surface area (TPSA) is 13.1 Å². The predicted molar refractivity (Wildman–Crippen MR) is 186 cm³/mol. The first-order valence-electron chi connectivity index (χ1n) is 17.5. The van der Waals surface area contributed by atoms with E-state index in [-0.39, 0.29) is 41.2 Å². The second-order valence-electron chi connectivity index (χ2n) is 12.5. The Kier molecular flexibility index (Phi) is 3.75. The van der Waals surface area contributed by atoms with Crippen molar-refractivity contribution in [3.63, 3.8) is 0 Å². The summed E-state index contributed by atoms with van der Waals surface area (Å²) in [4.78, 5) is 0. The van der Waals surface area contributed by atoms with Crippen LogP contribution in [0.1, 0.15) is 31.8 Å². The molecule has 9 aromatic rings. The van der Waals surface area contributed by atoms with Gasteiger partial charge in [0.25, 0.3) is 0 Å². The van der Waals surface area contributed by atoms with Gasteiger partial charge in [0.1, 0.15) is 11.2 Å². The van der Waals surface area contributed by atoms with Crippen LogP contribution in [-0.2, 0) is 5.41 Å². The molecule has 0 N–H and O–H groups in total. The van der Waals surface area contributed by atoms with Gasteiger partial charge in [-0.05, 0) is 89.5 Å². The minimum Gasteiger partial charge on any atom is -0.456 e. The van der Waals surface area contributed by atoms with Crippen molar-refractivity contribution in [2.75, 3.05) is 0 Å². The van der Waals surface area contributed by atoms with E-state index in [1.807, 2.05) is 30.3 Å². The van der Waals surface area contributed by atoms with E-state index in [1.54, 1.807) is 0 Å². The molecule has 0 bridgehead atoms. The Balaban J connectivity index is 1.19. The lowest BCUT2D eigenvalue weighted by atomic mass is 9.80. The molecule has 1 aliphatic carbocycles. The largest absolute Gasteiger partial charge is 0.456 e. The van der Waals surface area contributed by atoms with Crippen LogP contribution in [0.25, 0.3) is 87.6 Å².